The van der Waals surface area contributed by atoms with E-state index in [9.17, 15) is 4.79 Å². The largest absolute Gasteiger partial charge is 0.272 e. The second-order valence-electron chi connectivity index (χ2n) is 6.08. The molecule has 0 aliphatic rings. The topological polar surface area (TPSA) is 98.0 Å². The van der Waals surface area contributed by atoms with Crippen LogP contribution >= 0.6 is 11.8 Å². The van der Waals surface area contributed by atoms with E-state index < -0.39 is 0 Å². The molecular formula is C21H17N7OS. The van der Waals surface area contributed by atoms with Gasteiger partial charge in [0.25, 0.3) is 5.91 Å². The Morgan fingerprint density at radius 3 is 2.60 bits per heavy atom. The number of benzene rings is 1. The third kappa shape index (κ3) is 4.76. The standard InChI is InChI=1S/C21H17N7OS/c29-19(25-24-14-16-5-4-10-23-13-16)15-30-21-27-26-20(17-8-11-22-12-9-17)28(21)18-6-2-1-3-7-18/h1-14H,15H2,(H,25,29)/b24-14+. The third-order valence-corrected chi connectivity index (χ3v) is 4.93. The van der Waals surface area contributed by atoms with Crippen LogP contribution in [0.4, 0.5) is 0 Å². The van der Waals surface area contributed by atoms with E-state index in [0.29, 0.717) is 11.0 Å². The molecule has 30 heavy (non-hydrogen) atoms. The van der Waals surface area contributed by atoms with Crippen molar-refractivity contribution in [1.29, 1.82) is 0 Å². The molecule has 0 atom stereocenters. The van der Waals surface area contributed by atoms with E-state index in [1.807, 2.05) is 53.1 Å². The number of carbonyl (C=O) groups is 1. The summed E-state index contributed by atoms with van der Waals surface area (Å²) >= 11 is 1.29. The van der Waals surface area contributed by atoms with E-state index in [1.54, 1.807) is 37.1 Å². The predicted octanol–water partition coefficient (Wildman–Crippen LogP) is 2.97. The molecule has 8 nitrogen and oxygen atoms in total. The van der Waals surface area contributed by atoms with Gasteiger partial charge in [-0.1, -0.05) is 36.0 Å². The first kappa shape index (κ1) is 19.5. The van der Waals surface area contributed by atoms with Crippen LogP contribution in [0, 0.1) is 0 Å². The second-order valence-corrected chi connectivity index (χ2v) is 7.02. The van der Waals surface area contributed by atoms with Gasteiger partial charge in [0.15, 0.2) is 11.0 Å². The molecule has 1 N–H and O–H groups in total. The average Bonchev–Trinajstić information content (AvgIpc) is 3.23. The van der Waals surface area contributed by atoms with Crippen molar-refractivity contribution in [3.8, 4) is 17.1 Å². The van der Waals surface area contributed by atoms with E-state index in [-0.39, 0.29) is 11.7 Å². The van der Waals surface area contributed by atoms with E-state index in [1.165, 1.54) is 11.8 Å². The van der Waals surface area contributed by atoms with Gasteiger partial charge in [0.1, 0.15) is 0 Å². The molecule has 0 bridgehead atoms. The van der Waals surface area contributed by atoms with Gasteiger partial charge in [-0.2, -0.15) is 5.10 Å². The molecule has 0 saturated heterocycles. The Kier molecular flexibility index (Phi) is 6.21. The fraction of sp³-hybridized carbons (Fsp3) is 0.0476. The van der Waals surface area contributed by atoms with Crippen molar-refractivity contribution in [2.24, 2.45) is 5.10 Å². The number of pyridine rings is 2. The Hall–Kier alpha value is -3.85. The van der Waals surface area contributed by atoms with Crippen molar-refractivity contribution in [1.82, 2.24) is 30.2 Å². The minimum Gasteiger partial charge on any atom is -0.272 e. The van der Waals surface area contributed by atoms with Crippen LogP contribution in [0.15, 0.2) is 89.6 Å². The molecule has 1 amide bonds. The lowest BCUT2D eigenvalue weighted by molar-refractivity contribution is -0.118. The number of rotatable bonds is 7. The maximum Gasteiger partial charge on any atom is 0.250 e. The van der Waals surface area contributed by atoms with Gasteiger partial charge in [0, 0.05) is 41.6 Å². The molecule has 0 radical (unpaired) electrons. The quantitative estimate of drug-likeness (QED) is 0.283. The minimum atomic E-state index is -0.242. The summed E-state index contributed by atoms with van der Waals surface area (Å²) in [5.41, 5.74) is 5.11. The molecular weight excluding hydrogens is 398 g/mol. The molecule has 0 unspecified atom stereocenters. The van der Waals surface area contributed by atoms with Crippen LogP contribution in [-0.2, 0) is 4.79 Å². The van der Waals surface area contributed by atoms with Crippen LogP contribution in [0.25, 0.3) is 17.1 Å². The highest BCUT2D eigenvalue weighted by molar-refractivity contribution is 7.99. The van der Waals surface area contributed by atoms with Gasteiger partial charge in [-0.25, -0.2) is 5.43 Å². The number of thioether (sulfide) groups is 1. The molecule has 4 rings (SSSR count). The van der Waals surface area contributed by atoms with Crippen molar-refractivity contribution >= 4 is 23.9 Å². The number of nitrogens with one attached hydrogen (secondary N) is 1. The van der Waals surface area contributed by atoms with Crippen LogP contribution < -0.4 is 5.43 Å². The SMILES string of the molecule is O=C(CSc1nnc(-c2ccncc2)n1-c1ccccc1)N/N=C/c1cccnc1. The van der Waals surface area contributed by atoms with Gasteiger partial charge in [0.2, 0.25) is 0 Å². The number of nitrogens with zero attached hydrogens (tertiary/aromatic N) is 6. The fourth-order valence-electron chi connectivity index (χ4n) is 2.65. The molecule has 1 aromatic carbocycles. The van der Waals surface area contributed by atoms with E-state index in [0.717, 1.165) is 16.8 Å². The molecule has 0 saturated carbocycles. The zero-order valence-electron chi connectivity index (χ0n) is 15.8. The molecule has 0 spiro atoms. The molecule has 0 aliphatic carbocycles. The summed E-state index contributed by atoms with van der Waals surface area (Å²) in [6.45, 7) is 0. The van der Waals surface area contributed by atoms with Crippen LogP contribution in [-0.4, -0.2) is 42.6 Å². The maximum absolute atomic E-state index is 12.2. The van der Waals surface area contributed by atoms with E-state index in [2.05, 4.69) is 30.7 Å². The smallest absolute Gasteiger partial charge is 0.250 e. The first-order valence-electron chi connectivity index (χ1n) is 9.07. The molecule has 0 aliphatic heterocycles. The minimum absolute atomic E-state index is 0.145. The highest BCUT2D eigenvalue weighted by Crippen LogP contribution is 2.27. The number of hydrogen-bond acceptors (Lipinski definition) is 7. The van der Waals surface area contributed by atoms with Crippen molar-refractivity contribution in [2.45, 2.75) is 5.16 Å². The summed E-state index contributed by atoms with van der Waals surface area (Å²) in [5.74, 6) is 0.584. The normalized spacial score (nSPS) is 10.9. The fourth-order valence-corrected chi connectivity index (χ4v) is 3.40. The van der Waals surface area contributed by atoms with E-state index >= 15 is 0 Å². The third-order valence-electron chi connectivity index (χ3n) is 4.01. The van der Waals surface area contributed by atoms with Gasteiger partial charge in [-0.3, -0.25) is 19.3 Å². The van der Waals surface area contributed by atoms with Crippen molar-refractivity contribution in [3.63, 3.8) is 0 Å². The Morgan fingerprint density at radius 1 is 1.00 bits per heavy atom. The average molecular weight is 415 g/mol. The molecule has 9 heteroatoms. The molecule has 3 heterocycles. The lowest BCUT2D eigenvalue weighted by Gasteiger charge is -2.10. The van der Waals surface area contributed by atoms with Gasteiger partial charge < -0.3 is 0 Å². The number of carbonyl (C=O) groups excluding carboxylic acids is 1. The van der Waals surface area contributed by atoms with Gasteiger partial charge in [-0.05, 0) is 30.3 Å². The van der Waals surface area contributed by atoms with Crippen molar-refractivity contribution in [3.05, 3.63) is 84.9 Å². The number of para-hydroxylation sites is 1. The van der Waals surface area contributed by atoms with Crippen LogP contribution in [0.3, 0.4) is 0 Å². The Bertz CT molecular complexity index is 1130. The lowest BCUT2D eigenvalue weighted by Crippen LogP contribution is -2.20. The summed E-state index contributed by atoms with van der Waals surface area (Å²) < 4.78 is 1.92. The van der Waals surface area contributed by atoms with Crippen molar-refractivity contribution < 1.29 is 4.79 Å². The highest BCUT2D eigenvalue weighted by Gasteiger charge is 2.17. The Morgan fingerprint density at radius 2 is 1.83 bits per heavy atom. The highest BCUT2D eigenvalue weighted by atomic mass is 32.2. The predicted molar refractivity (Wildman–Crippen MR) is 115 cm³/mol. The van der Waals surface area contributed by atoms with Crippen LogP contribution in [0.2, 0.25) is 0 Å². The summed E-state index contributed by atoms with van der Waals surface area (Å²) in [6, 6.07) is 17.2. The van der Waals surface area contributed by atoms with Crippen LogP contribution in [0.1, 0.15) is 5.56 Å². The summed E-state index contributed by atoms with van der Waals surface area (Å²) in [4.78, 5) is 20.3. The van der Waals surface area contributed by atoms with E-state index in [4.69, 9.17) is 0 Å². The summed E-state index contributed by atoms with van der Waals surface area (Å²) in [6.07, 6.45) is 8.30. The maximum atomic E-state index is 12.2. The van der Waals surface area contributed by atoms with Gasteiger partial charge in [-0.15, -0.1) is 10.2 Å². The molecule has 148 valence electrons. The van der Waals surface area contributed by atoms with Gasteiger partial charge >= 0.3 is 0 Å². The number of amides is 1. The first-order valence-corrected chi connectivity index (χ1v) is 10.1. The zero-order chi connectivity index (χ0) is 20.6. The van der Waals surface area contributed by atoms with Gasteiger partial charge in [0.05, 0.1) is 12.0 Å². The second kappa shape index (κ2) is 9.57. The summed E-state index contributed by atoms with van der Waals surface area (Å²) in [5, 5.41) is 13.2. The monoisotopic (exact) mass is 415 g/mol. The Labute approximate surface area is 177 Å². The molecule has 3 aromatic heterocycles. The summed E-state index contributed by atoms with van der Waals surface area (Å²) in [7, 11) is 0. The number of hydrogen-bond donors (Lipinski definition) is 1. The lowest BCUT2D eigenvalue weighted by atomic mass is 10.2. The first-order chi connectivity index (χ1) is 14.8. The number of hydrazone groups is 1. The Balaban J connectivity index is 1.49. The molecule has 4 aromatic rings. The zero-order valence-corrected chi connectivity index (χ0v) is 16.6. The van der Waals surface area contributed by atoms with Crippen LogP contribution in [0.5, 0.6) is 0 Å². The number of aromatic nitrogens is 5. The van der Waals surface area contributed by atoms with Crippen molar-refractivity contribution in [2.75, 3.05) is 5.75 Å². The molecule has 0 fully saturated rings.